The summed E-state index contributed by atoms with van der Waals surface area (Å²) in [5, 5.41) is 0. The van der Waals surface area contributed by atoms with E-state index in [9.17, 15) is 14.4 Å². The van der Waals surface area contributed by atoms with Gasteiger partial charge in [-0.05, 0) is 42.2 Å². The Labute approximate surface area is 180 Å². The molecule has 1 saturated heterocycles. The van der Waals surface area contributed by atoms with E-state index in [2.05, 4.69) is 0 Å². The molecule has 31 heavy (non-hydrogen) atoms. The average Bonchev–Trinajstić information content (AvgIpc) is 3.00. The lowest BCUT2D eigenvalue weighted by Crippen LogP contribution is -2.46. The van der Waals surface area contributed by atoms with Crippen LogP contribution in [0.2, 0.25) is 0 Å². The second-order valence-corrected chi connectivity index (χ2v) is 7.49. The summed E-state index contributed by atoms with van der Waals surface area (Å²) in [4.78, 5) is 41.4. The highest BCUT2D eigenvalue weighted by atomic mass is 16.5. The van der Waals surface area contributed by atoms with Gasteiger partial charge in [0.1, 0.15) is 0 Å². The number of likely N-dealkylation sites (N-methyl/N-ethyl adjacent to an activating group) is 1. The highest BCUT2D eigenvalue weighted by molar-refractivity contribution is 6.44. The van der Waals surface area contributed by atoms with E-state index in [0.717, 1.165) is 26.5 Å². The van der Waals surface area contributed by atoms with Crippen molar-refractivity contribution in [1.29, 1.82) is 0 Å². The van der Waals surface area contributed by atoms with E-state index in [0.29, 0.717) is 24.5 Å². The van der Waals surface area contributed by atoms with Gasteiger partial charge in [0.15, 0.2) is 11.5 Å². The third-order valence-electron chi connectivity index (χ3n) is 5.86. The predicted octanol–water partition coefficient (Wildman–Crippen LogP) is 2.42. The Morgan fingerprint density at radius 3 is 2.19 bits per heavy atom. The van der Waals surface area contributed by atoms with Crippen molar-refractivity contribution in [2.24, 2.45) is 0 Å². The van der Waals surface area contributed by atoms with Crippen LogP contribution in [0.15, 0.2) is 42.5 Å². The minimum absolute atomic E-state index is 0.0350. The van der Waals surface area contributed by atoms with Crippen LogP contribution in [-0.4, -0.2) is 66.5 Å². The maximum absolute atomic E-state index is 12.7. The van der Waals surface area contributed by atoms with E-state index in [1.165, 1.54) is 0 Å². The van der Waals surface area contributed by atoms with Gasteiger partial charge < -0.3 is 9.47 Å². The fraction of sp³-hybridized carbons (Fsp3) is 0.348. The Morgan fingerprint density at radius 2 is 1.58 bits per heavy atom. The maximum Gasteiger partial charge on any atom is 0.335 e. The molecule has 8 nitrogen and oxygen atoms in total. The molecule has 0 bridgehead atoms. The van der Waals surface area contributed by atoms with Crippen LogP contribution in [0.5, 0.6) is 11.5 Å². The van der Waals surface area contributed by atoms with Gasteiger partial charge in [-0.2, -0.15) is 0 Å². The Balaban J connectivity index is 1.75. The molecular weight excluding hydrogens is 398 g/mol. The van der Waals surface area contributed by atoms with Gasteiger partial charge >= 0.3 is 17.8 Å². The summed E-state index contributed by atoms with van der Waals surface area (Å²) in [6.45, 7) is 2.49. The van der Waals surface area contributed by atoms with Crippen molar-refractivity contribution in [3.8, 4) is 11.5 Å². The molecule has 2 aliphatic heterocycles. The van der Waals surface area contributed by atoms with Crippen molar-refractivity contribution >= 4 is 17.8 Å². The number of fused-ring (bicyclic) bond motifs is 1. The van der Waals surface area contributed by atoms with E-state index in [4.69, 9.17) is 9.47 Å². The molecule has 162 valence electrons. The van der Waals surface area contributed by atoms with Gasteiger partial charge in [-0.15, -0.1) is 0 Å². The number of ether oxygens (including phenoxy) is 2. The quantitative estimate of drug-likeness (QED) is 0.525. The van der Waals surface area contributed by atoms with Crippen LogP contribution in [0, 0.1) is 0 Å². The smallest absolute Gasteiger partial charge is 0.335 e. The first-order valence-corrected chi connectivity index (χ1v) is 10.2. The van der Waals surface area contributed by atoms with Crippen LogP contribution in [0.4, 0.5) is 4.79 Å². The lowest BCUT2D eigenvalue weighted by molar-refractivity contribution is -0.144. The zero-order chi connectivity index (χ0) is 22.1. The molecule has 0 radical (unpaired) electrons. The monoisotopic (exact) mass is 423 g/mol. The molecule has 0 saturated carbocycles. The number of carbonyl (C=O) groups is 3. The van der Waals surface area contributed by atoms with Crippen LogP contribution in [0.1, 0.15) is 29.7 Å². The van der Waals surface area contributed by atoms with Crippen LogP contribution in [0.25, 0.3) is 0 Å². The van der Waals surface area contributed by atoms with E-state index in [1.807, 2.05) is 47.4 Å². The highest BCUT2D eigenvalue weighted by Gasteiger charge is 2.45. The molecule has 4 rings (SSSR count). The van der Waals surface area contributed by atoms with Gasteiger partial charge in [-0.25, -0.2) is 9.69 Å². The van der Waals surface area contributed by atoms with Gasteiger partial charge in [-0.3, -0.25) is 19.4 Å². The number of amides is 4. The molecule has 0 aliphatic carbocycles. The SMILES string of the molecule is CCN1C(=O)C(=O)N(CN2CCc3cc(OC)c(OC)cc3[C@@H]2c2ccccc2)C1=O. The van der Waals surface area contributed by atoms with E-state index >= 15 is 0 Å². The van der Waals surface area contributed by atoms with E-state index in [1.54, 1.807) is 21.1 Å². The van der Waals surface area contributed by atoms with Crippen molar-refractivity contribution in [3.05, 3.63) is 59.2 Å². The number of urea groups is 1. The summed E-state index contributed by atoms with van der Waals surface area (Å²) < 4.78 is 11.0. The van der Waals surface area contributed by atoms with Crippen molar-refractivity contribution < 1.29 is 23.9 Å². The maximum atomic E-state index is 12.7. The lowest BCUT2D eigenvalue weighted by Gasteiger charge is -2.39. The summed E-state index contributed by atoms with van der Waals surface area (Å²) in [6, 6.07) is 13.0. The Bertz CT molecular complexity index is 1020. The van der Waals surface area contributed by atoms with Crippen molar-refractivity contribution in [3.63, 3.8) is 0 Å². The summed E-state index contributed by atoms with van der Waals surface area (Å²) in [5.74, 6) is -0.273. The minimum atomic E-state index is -0.781. The second-order valence-electron chi connectivity index (χ2n) is 7.49. The summed E-state index contributed by atoms with van der Waals surface area (Å²) >= 11 is 0. The third kappa shape index (κ3) is 3.53. The van der Waals surface area contributed by atoms with Crippen LogP contribution in [0.3, 0.4) is 0 Å². The number of hydrogen-bond donors (Lipinski definition) is 0. The molecule has 4 amide bonds. The fourth-order valence-corrected chi connectivity index (χ4v) is 4.31. The van der Waals surface area contributed by atoms with E-state index < -0.39 is 17.8 Å². The average molecular weight is 423 g/mol. The molecule has 1 fully saturated rings. The van der Waals surface area contributed by atoms with Gasteiger partial charge in [0.2, 0.25) is 0 Å². The molecule has 2 heterocycles. The standard InChI is InChI=1S/C23H25N3O5/c1-4-25-21(27)22(28)26(23(25)29)14-24-11-10-16-12-18(30-2)19(31-3)13-17(16)20(24)15-8-6-5-7-9-15/h5-9,12-13,20H,4,10-11,14H2,1-3H3/t20-/m0/s1. The summed E-state index contributed by atoms with van der Waals surface area (Å²) in [5.41, 5.74) is 3.16. The number of benzene rings is 2. The molecule has 8 heteroatoms. The number of carbonyl (C=O) groups excluding carboxylic acids is 3. The van der Waals surface area contributed by atoms with Crippen molar-refractivity contribution in [2.45, 2.75) is 19.4 Å². The summed E-state index contributed by atoms with van der Waals surface area (Å²) in [7, 11) is 3.20. The van der Waals surface area contributed by atoms with Gasteiger partial charge in [0, 0.05) is 13.1 Å². The highest BCUT2D eigenvalue weighted by Crippen LogP contribution is 2.41. The lowest BCUT2D eigenvalue weighted by atomic mass is 9.88. The fourth-order valence-electron chi connectivity index (χ4n) is 4.31. The second kappa shape index (κ2) is 8.39. The molecule has 0 unspecified atom stereocenters. The predicted molar refractivity (Wildman–Crippen MR) is 113 cm³/mol. The zero-order valence-corrected chi connectivity index (χ0v) is 17.8. The zero-order valence-electron chi connectivity index (χ0n) is 17.8. The summed E-state index contributed by atoms with van der Waals surface area (Å²) in [6.07, 6.45) is 0.709. The Hall–Kier alpha value is -3.39. The largest absolute Gasteiger partial charge is 0.493 e. The first-order valence-electron chi connectivity index (χ1n) is 10.2. The van der Waals surface area contributed by atoms with Crippen molar-refractivity contribution in [1.82, 2.24) is 14.7 Å². The number of hydrogen-bond acceptors (Lipinski definition) is 6. The Morgan fingerprint density at radius 1 is 0.935 bits per heavy atom. The number of imide groups is 2. The number of rotatable bonds is 6. The van der Waals surface area contributed by atoms with Gasteiger partial charge in [0.25, 0.3) is 0 Å². The third-order valence-corrected chi connectivity index (χ3v) is 5.86. The molecule has 0 spiro atoms. The molecule has 2 aromatic carbocycles. The van der Waals surface area contributed by atoms with Crippen LogP contribution >= 0.6 is 0 Å². The Kier molecular flexibility index (Phi) is 5.65. The van der Waals surface area contributed by atoms with Crippen LogP contribution < -0.4 is 9.47 Å². The molecular formula is C23H25N3O5. The topological polar surface area (TPSA) is 79.4 Å². The molecule has 2 aliphatic rings. The first kappa shape index (κ1) is 20.9. The molecule has 1 atom stereocenters. The first-order chi connectivity index (χ1) is 15.0. The number of nitrogens with zero attached hydrogens (tertiary/aromatic N) is 3. The van der Waals surface area contributed by atoms with Gasteiger partial charge in [-0.1, -0.05) is 30.3 Å². The van der Waals surface area contributed by atoms with Crippen LogP contribution in [-0.2, 0) is 16.0 Å². The number of methoxy groups -OCH3 is 2. The van der Waals surface area contributed by atoms with Gasteiger partial charge in [0.05, 0.1) is 26.9 Å². The molecule has 0 aromatic heterocycles. The minimum Gasteiger partial charge on any atom is -0.493 e. The van der Waals surface area contributed by atoms with Crippen molar-refractivity contribution in [2.75, 3.05) is 34.0 Å². The molecule has 0 N–H and O–H groups in total. The molecule has 2 aromatic rings. The van der Waals surface area contributed by atoms with E-state index in [-0.39, 0.29) is 19.3 Å². The normalized spacial score (nSPS) is 19.1.